The molecule has 2 fully saturated rings. The number of ether oxygens (including phenoxy) is 1. The first-order chi connectivity index (χ1) is 7.02. The Morgan fingerprint density at radius 2 is 2.07 bits per heavy atom. The minimum Gasteiger partial charge on any atom is -0.378 e. The zero-order chi connectivity index (χ0) is 11.1. The van der Waals surface area contributed by atoms with E-state index >= 15 is 0 Å². The van der Waals surface area contributed by atoms with E-state index in [1.165, 1.54) is 19.3 Å². The van der Waals surface area contributed by atoms with Gasteiger partial charge in [-0.15, -0.1) is 0 Å². The lowest BCUT2D eigenvalue weighted by atomic mass is 9.70. The lowest BCUT2D eigenvalue weighted by Crippen LogP contribution is -2.37. The zero-order valence-electron chi connectivity index (χ0n) is 10.4. The second-order valence-corrected chi connectivity index (χ2v) is 6.11. The number of hydrogen-bond acceptors (Lipinski definition) is 2. The first-order valence-corrected chi connectivity index (χ1v) is 6.34. The van der Waals surface area contributed by atoms with Gasteiger partial charge in [-0.3, -0.25) is 0 Å². The molecule has 0 aliphatic heterocycles. The summed E-state index contributed by atoms with van der Waals surface area (Å²) in [4.78, 5) is 0. The van der Waals surface area contributed by atoms with Crippen LogP contribution in [0, 0.1) is 16.7 Å². The summed E-state index contributed by atoms with van der Waals surface area (Å²) in [5.41, 5.74) is 6.38. The second-order valence-electron chi connectivity index (χ2n) is 6.11. The van der Waals surface area contributed by atoms with E-state index < -0.39 is 0 Å². The van der Waals surface area contributed by atoms with Gasteiger partial charge in [0.1, 0.15) is 0 Å². The Morgan fingerprint density at radius 3 is 2.53 bits per heavy atom. The maximum Gasteiger partial charge on any atom is 0.0636 e. The summed E-state index contributed by atoms with van der Waals surface area (Å²) in [5.74, 6) is 0.880. The molecule has 0 heterocycles. The molecule has 3 unspecified atom stereocenters. The summed E-state index contributed by atoms with van der Waals surface area (Å²) in [6.45, 7) is 8.87. The van der Waals surface area contributed by atoms with E-state index in [0.29, 0.717) is 16.9 Å². The average molecular weight is 211 g/mol. The van der Waals surface area contributed by atoms with Crippen LogP contribution in [0.3, 0.4) is 0 Å². The topological polar surface area (TPSA) is 35.2 Å². The number of fused-ring (bicyclic) bond motifs is 2. The third-order valence-electron chi connectivity index (χ3n) is 5.38. The van der Waals surface area contributed by atoms with E-state index in [-0.39, 0.29) is 0 Å². The van der Waals surface area contributed by atoms with E-state index in [0.717, 1.165) is 25.5 Å². The molecule has 2 nitrogen and oxygen atoms in total. The van der Waals surface area contributed by atoms with E-state index in [1.54, 1.807) is 0 Å². The Balaban J connectivity index is 1.99. The van der Waals surface area contributed by atoms with Gasteiger partial charge in [-0.05, 0) is 49.0 Å². The maximum absolute atomic E-state index is 6.04. The standard InChI is InChI=1S/C13H25NO/c1-12(2)10-5-6-13(12,3)11(9-10)15-8-4-7-14/h10-11H,4-9,14H2,1-3H3. The molecule has 2 heteroatoms. The van der Waals surface area contributed by atoms with E-state index in [4.69, 9.17) is 10.5 Å². The highest BCUT2D eigenvalue weighted by atomic mass is 16.5. The molecule has 2 N–H and O–H groups in total. The molecular formula is C13H25NO. The molecule has 15 heavy (non-hydrogen) atoms. The minimum absolute atomic E-state index is 0.409. The summed E-state index contributed by atoms with van der Waals surface area (Å²) in [5, 5.41) is 0. The molecule has 3 atom stereocenters. The van der Waals surface area contributed by atoms with Crippen LogP contribution in [0.2, 0.25) is 0 Å². The van der Waals surface area contributed by atoms with Crippen molar-refractivity contribution in [2.45, 2.75) is 52.6 Å². The molecule has 88 valence electrons. The van der Waals surface area contributed by atoms with Gasteiger partial charge in [0.25, 0.3) is 0 Å². The summed E-state index contributed by atoms with van der Waals surface area (Å²) in [6, 6.07) is 0. The second kappa shape index (κ2) is 3.74. The van der Waals surface area contributed by atoms with Crippen LogP contribution in [0.15, 0.2) is 0 Å². The number of hydrogen-bond donors (Lipinski definition) is 1. The Morgan fingerprint density at radius 1 is 1.33 bits per heavy atom. The van der Waals surface area contributed by atoms with Crippen molar-refractivity contribution in [2.24, 2.45) is 22.5 Å². The van der Waals surface area contributed by atoms with Crippen LogP contribution >= 0.6 is 0 Å². The van der Waals surface area contributed by atoms with Gasteiger partial charge < -0.3 is 10.5 Å². The fraction of sp³-hybridized carbons (Fsp3) is 1.00. The third kappa shape index (κ3) is 1.53. The van der Waals surface area contributed by atoms with Gasteiger partial charge in [0, 0.05) is 6.61 Å². The molecule has 2 aliphatic carbocycles. The van der Waals surface area contributed by atoms with Crippen LogP contribution < -0.4 is 5.73 Å². The largest absolute Gasteiger partial charge is 0.378 e. The van der Waals surface area contributed by atoms with Gasteiger partial charge in [0.15, 0.2) is 0 Å². The van der Waals surface area contributed by atoms with Gasteiger partial charge in [-0.1, -0.05) is 20.8 Å². The number of rotatable bonds is 4. The third-order valence-corrected chi connectivity index (χ3v) is 5.38. The smallest absolute Gasteiger partial charge is 0.0636 e. The summed E-state index contributed by atoms with van der Waals surface area (Å²) in [7, 11) is 0. The van der Waals surface area contributed by atoms with Crippen molar-refractivity contribution in [3.63, 3.8) is 0 Å². The van der Waals surface area contributed by atoms with Crippen molar-refractivity contribution < 1.29 is 4.74 Å². The van der Waals surface area contributed by atoms with Crippen molar-refractivity contribution in [3.8, 4) is 0 Å². The Kier molecular flexibility index (Phi) is 2.85. The quantitative estimate of drug-likeness (QED) is 0.725. The summed E-state index contributed by atoms with van der Waals surface area (Å²) < 4.78 is 6.04. The Hall–Kier alpha value is -0.0800. The van der Waals surface area contributed by atoms with Crippen molar-refractivity contribution in [1.82, 2.24) is 0 Å². The SMILES string of the molecule is CC1(C)C2CCC1(C)C(OCCCN)C2. The van der Waals surface area contributed by atoms with Crippen molar-refractivity contribution in [2.75, 3.05) is 13.2 Å². The van der Waals surface area contributed by atoms with Crippen molar-refractivity contribution >= 4 is 0 Å². The molecule has 2 rings (SSSR count). The number of nitrogens with two attached hydrogens (primary N) is 1. The molecule has 0 amide bonds. The Bertz CT molecular complexity index is 239. The maximum atomic E-state index is 6.04. The minimum atomic E-state index is 0.409. The fourth-order valence-corrected chi connectivity index (χ4v) is 3.69. The summed E-state index contributed by atoms with van der Waals surface area (Å²) >= 11 is 0. The molecule has 0 aromatic rings. The van der Waals surface area contributed by atoms with E-state index in [1.807, 2.05) is 0 Å². The first kappa shape index (κ1) is 11.4. The summed E-state index contributed by atoms with van der Waals surface area (Å²) in [6.07, 6.45) is 5.50. The van der Waals surface area contributed by atoms with Crippen LogP contribution in [0.4, 0.5) is 0 Å². The zero-order valence-corrected chi connectivity index (χ0v) is 10.4. The van der Waals surface area contributed by atoms with Crippen LogP contribution in [0.5, 0.6) is 0 Å². The monoisotopic (exact) mass is 211 g/mol. The molecule has 0 aromatic heterocycles. The van der Waals surface area contributed by atoms with Crippen molar-refractivity contribution in [3.05, 3.63) is 0 Å². The van der Waals surface area contributed by atoms with Gasteiger partial charge in [-0.2, -0.15) is 0 Å². The average Bonchev–Trinajstić information content (AvgIpc) is 2.51. The van der Waals surface area contributed by atoms with Gasteiger partial charge in [-0.25, -0.2) is 0 Å². The molecule has 2 aliphatic rings. The Labute approximate surface area is 93.6 Å². The molecule has 2 bridgehead atoms. The lowest BCUT2D eigenvalue weighted by molar-refractivity contribution is -0.0465. The first-order valence-electron chi connectivity index (χ1n) is 6.34. The molecule has 0 aromatic carbocycles. The molecule has 0 saturated heterocycles. The van der Waals surface area contributed by atoms with Crippen LogP contribution in [-0.4, -0.2) is 19.3 Å². The molecular weight excluding hydrogens is 186 g/mol. The van der Waals surface area contributed by atoms with E-state index in [2.05, 4.69) is 20.8 Å². The molecule has 0 radical (unpaired) electrons. The lowest BCUT2D eigenvalue weighted by Gasteiger charge is -2.38. The molecule has 2 saturated carbocycles. The predicted octanol–water partition coefficient (Wildman–Crippen LogP) is 2.57. The normalized spacial score (nSPS) is 42.4. The van der Waals surface area contributed by atoms with Crippen LogP contribution in [0.25, 0.3) is 0 Å². The highest BCUT2D eigenvalue weighted by molar-refractivity contribution is 5.11. The van der Waals surface area contributed by atoms with Gasteiger partial charge in [0.05, 0.1) is 6.10 Å². The van der Waals surface area contributed by atoms with Gasteiger partial charge >= 0.3 is 0 Å². The van der Waals surface area contributed by atoms with Crippen molar-refractivity contribution in [1.29, 1.82) is 0 Å². The van der Waals surface area contributed by atoms with Crippen LogP contribution in [0.1, 0.15) is 46.5 Å². The van der Waals surface area contributed by atoms with Crippen LogP contribution in [-0.2, 0) is 4.74 Å². The highest BCUT2D eigenvalue weighted by Gasteiger charge is 2.61. The van der Waals surface area contributed by atoms with Gasteiger partial charge in [0.2, 0.25) is 0 Å². The highest BCUT2D eigenvalue weighted by Crippen LogP contribution is 2.66. The fourth-order valence-electron chi connectivity index (χ4n) is 3.69. The molecule has 0 spiro atoms. The predicted molar refractivity (Wildman–Crippen MR) is 62.6 cm³/mol. The van der Waals surface area contributed by atoms with E-state index in [9.17, 15) is 0 Å².